The van der Waals surface area contributed by atoms with Gasteiger partial charge in [0.05, 0.1) is 31.8 Å². The van der Waals surface area contributed by atoms with Gasteiger partial charge in [-0.15, -0.1) is 0 Å². The van der Waals surface area contributed by atoms with E-state index in [0.29, 0.717) is 72.7 Å². The van der Waals surface area contributed by atoms with Crippen LogP contribution in [-0.4, -0.2) is 47.4 Å². The molecule has 0 spiro atoms. The van der Waals surface area contributed by atoms with Crippen LogP contribution in [0.5, 0.6) is 0 Å². The van der Waals surface area contributed by atoms with E-state index in [-0.39, 0.29) is 17.7 Å². The summed E-state index contributed by atoms with van der Waals surface area (Å²) in [6.07, 6.45) is 0. The minimum atomic E-state index is -0.513. The Morgan fingerprint density at radius 3 is 2.62 bits per heavy atom. The molecule has 5 rings (SSSR count). The smallest absolute Gasteiger partial charge is 0.261 e. The topological polar surface area (TPSA) is 69.5 Å². The fraction of sp³-hybridized carbons (Fsp3) is 0.350. The Balaban J connectivity index is 1.80. The van der Waals surface area contributed by atoms with Gasteiger partial charge in [-0.05, 0) is 24.3 Å². The number of morpholine rings is 1. The van der Waals surface area contributed by atoms with E-state index < -0.39 is 5.82 Å². The molecule has 2 aliphatic heterocycles. The predicted molar refractivity (Wildman–Crippen MR) is 107 cm³/mol. The predicted octanol–water partition coefficient (Wildman–Crippen LogP) is 2.62. The van der Waals surface area contributed by atoms with Crippen molar-refractivity contribution in [2.24, 2.45) is 0 Å². The van der Waals surface area contributed by atoms with Crippen molar-refractivity contribution < 1.29 is 13.9 Å². The third kappa shape index (κ3) is 3.27. The number of pyridine rings is 1. The fourth-order valence-electron chi connectivity index (χ4n) is 3.74. The molecule has 7 nitrogen and oxygen atoms in total. The molecule has 0 bridgehead atoms. The number of hydrogen-bond acceptors (Lipinski definition) is 6. The lowest BCUT2D eigenvalue weighted by Gasteiger charge is -2.28. The highest BCUT2D eigenvalue weighted by atomic mass is 35.5. The van der Waals surface area contributed by atoms with Crippen molar-refractivity contribution in [3.05, 3.63) is 51.3 Å². The summed E-state index contributed by atoms with van der Waals surface area (Å²) in [5.41, 5.74) is 0.776. The van der Waals surface area contributed by atoms with Gasteiger partial charge in [-0.3, -0.25) is 9.36 Å². The van der Waals surface area contributed by atoms with Crippen LogP contribution < -0.4 is 10.5 Å². The Bertz CT molecular complexity index is 1160. The zero-order chi connectivity index (χ0) is 20.0. The minimum Gasteiger partial charge on any atom is -0.378 e. The molecule has 1 fully saturated rings. The molecular formula is C20H18ClFN4O3. The van der Waals surface area contributed by atoms with Gasteiger partial charge in [0.2, 0.25) is 0 Å². The van der Waals surface area contributed by atoms with Crippen molar-refractivity contribution in [1.29, 1.82) is 0 Å². The van der Waals surface area contributed by atoms with Gasteiger partial charge in [-0.2, -0.15) is 0 Å². The maximum Gasteiger partial charge on any atom is 0.261 e. The number of hydrogen-bond donors (Lipinski definition) is 0. The molecule has 1 aromatic carbocycles. The number of aromatic nitrogens is 3. The van der Waals surface area contributed by atoms with Crippen LogP contribution >= 0.6 is 11.6 Å². The number of benzene rings is 1. The van der Waals surface area contributed by atoms with Crippen molar-refractivity contribution in [3.63, 3.8) is 0 Å². The van der Waals surface area contributed by atoms with Gasteiger partial charge in [-0.25, -0.2) is 14.4 Å². The van der Waals surface area contributed by atoms with Gasteiger partial charge in [-0.1, -0.05) is 11.6 Å². The third-order valence-electron chi connectivity index (χ3n) is 5.22. The van der Waals surface area contributed by atoms with Crippen molar-refractivity contribution >= 4 is 28.3 Å². The maximum atomic E-state index is 14.8. The lowest BCUT2D eigenvalue weighted by Crippen LogP contribution is -2.37. The maximum absolute atomic E-state index is 14.8. The first-order valence-electron chi connectivity index (χ1n) is 9.42. The molecule has 0 unspecified atom stereocenters. The van der Waals surface area contributed by atoms with Crippen LogP contribution in [0.4, 0.5) is 10.2 Å². The Labute approximate surface area is 170 Å². The highest BCUT2D eigenvalue weighted by Gasteiger charge is 2.23. The van der Waals surface area contributed by atoms with Crippen molar-refractivity contribution in [2.45, 2.75) is 13.2 Å². The third-order valence-corrected chi connectivity index (χ3v) is 5.45. The highest BCUT2D eigenvalue weighted by molar-refractivity contribution is 6.30. The first kappa shape index (κ1) is 18.5. The second-order valence-electron chi connectivity index (χ2n) is 6.99. The SMILES string of the molecule is O=c1c2cc(N3CCOCC3)nc(-c3ccc(Cl)cc3F)c2nc2n1CCOC2. The van der Waals surface area contributed by atoms with Crippen LogP contribution in [0.25, 0.3) is 22.2 Å². The summed E-state index contributed by atoms with van der Waals surface area (Å²) in [6, 6.07) is 6.15. The molecule has 0 saturated carbocycles. The Kier molecular flexibility index (Phi) is 4.69. The number of ether oxygens (including phenoxy) is 2. The van der Waals surface area contributed by atoms with E-state index in [1.54, 1.807) is 22.8 Å². The van der Waals surface area contributed by atoms with Gasteiger partial charge in [0.15, 0.2) is 0 Å². The molecule has 0 atom stereocenters. The summed E-state index contributed by atoms with van der Waals surface area (Å²) in [7, 11) is 0. The van der Waals surface area contributed by atoms with E-state index in [1.807, 2.05) is 4.90 Å². The lowest BCUT2D eigenvalue weighted by atomic mass is 10.1. The monoisotopic (exact) mass is 416 g/mol. The average molecular weight is 417 g/mol. The molecule has 2 aliphatic rings. The van der Waals surface area contributed by atoms with Gasteiger partial charge < -0.3 is 14.4 Å². The average Bonchev–Trinajstić information content (AvgIpc) is 2.74. The summed E-state index contributed by atoms with van der Waals surface area (Å²) in [5, 5.41) is 0.704. The van der Waals surface area contributed by atoms with Crippen LogP contribution in [0.1, 0.15) is 5.82 Å². The Morgan fingerprint density at radius 1 is 1.03 bits per heavy atom. The largest absolute Gasteiger partial charge is 0.378 e. The highest BCUT2D eigenvalue weighted by Crippen LogP contribution is 2.31. The summed E-state index contributed by atoms with van der Waals surface area (Å²) in [4.78, 5) is 24.6. The number of fused-ring (bicyclic) bond motifs is 2. The van der Waals surface area contributed by atoms with Crippen molar-refractivity contribution in [3.8, 4) is 11.3 Å². The quantitative estimate of drug-likeness (QED) is 0.639. The second kappa shape index (κ2) is 7.37. The first-order valence-corrected chi connectivity index (χ1v) is 9.80. The summed E-state index contributed by atoms with van der Waals surface area (Å²) >= 11 is 5.93. The molecular weight excluding hydrogens is 399 g/mol. The lowest BCUT2D eigenvalue weighted by molar-refractivity contribution is 0.0788. The summed E-state index contributed by atoms with van der Waals surface area (Å²) in [5.74, 6) is 0.614. The molecule has 3 aromatic rings. The minimum absolute atomic E-state index is 0.166. The van der Waals surface area contributed by atoms with E-state index >= 15 is 0 Å². The number of nitrogens with zero attached hydrogens (tertiary/aromatic N) is 4. The van der Waals surface area contributed by atoms with Gasteiger partial charge in [0.25, 0.3) is 5.56 Å². The Morgan fingerprint density at radius 2 is 1.83 bits per heavy atom. The number of halogens is 2. The van der Waals surface area contributed by atoms with Crippen LogP contribution in [0, 0.1) is 5.82 Å². The zero-order valence-electron chi connectivity index (χ0n) is 15.5. The molecule has 4 heterocycles. The molecule has 9 heteroatoms. The van der Waals surface area contributed by atoms with Gasteiger partial charge >= 0.3 is 0 Å². The van der Waals surface area contributed by atoms with Crippen molar-refractivity contribution in [1.82, 2.24) is 14.5 Å². The van der Waals surface area contributed by atoms with Crippen LogP contribution in [0.2, 0.25) is 5.02 Å². The van der Waals surface area contributed by atoms with Crippen LogP contribution in [-0.2, 0) is 22.6 Å². The molecule has 29 heavy (non-hydrogen) atoms. The standard InChI is InChI=1S/C20H18ClFN4O3/c21-12-1-2-13(15(22)9-12)18-19-14(10-16(23-18)25-3-6-28-7-4-25)20(27)26-5-8-29-11-17(26)24-19/h1-2,9-10H,3-8,11H2. The fourth-order valence-corrected chi connectivity index (χ4v) is 3.90. The number of anilines is 1. The molecule has 0 radical (unpaired) electrons. The van der Waals surface area contributed by atoms with E-state index in [0.717, 1.165) is 0 Å². The van der Waals surface area contributed by atoms with Gasteiger partial charge in [0.1, 0.15) is 35.3 Å². The molecule has 0 N–H and O–H groups in total. The zero-order valence-corrected chi connectivity index (χ0v) is 16.3. The normalized spacial score (nSPS) is 16.8. The first-order chi connectivity index (χ1) is 14.1. The van der Waals surface area contributed by atoms with Crippen LogP contribution in [0.3, 0.4) is 0 Å². The van der Waals surface area contributed by atoms with E-state index in [4.69, 9.17) is 26.1 Å². The summed E-state index contributed by atoms with van der Waals surface area (Å²) in [6.45, 7) is 3.57. The number of rotatable bonds is 2. The van der Waals surface area contributed by atoms with E-state index in [9.17, 15) is 9.18 Å². The summed E-state index contributed by atoms with van der Waals surface area (Å²) < 4.78 is 27.3. The van der Waals surface area contributed by atoms with Crippen LogP contribution in [0.15, 0.2) is 29.1 Å². The molecule has 2 aromatic heterocycles. The van der Waals surface area contributed by atoms with E-state index in [2.05, 4.69) is 4.98 Å². The molecule has 0 amide bonds. The Hall–Kier alpha value is -2.55. The second-order valence-corrected chi connectivity index (χ2v) is 7.42. The molecule has 1 saturated heterocycles. The molecule has 150 valence electrons. The van der Waals surface area contributed by atoms with Crippen molar-refractivity contribution in [2.75, 3.05) is 37.8 Å². The molecule has 0 aliphatic carbocycles. The van der Waals surface area contributed by atoms with Gasteiger partial charge in [0, 0.05) is 23.7 Å². The van der Waals surface area contributed by atoms with E-state index in [1.165, 1.54) is 6.07 Å².